The quantitative estimate of drug-likeness (QED) is 0.806. The predicted octanol–water partition coefficient (Wildman–Crippen LogP) is 2.99. The number of aromatic nitrogens is 2. The highest BCUT2D eigenvalue weighted by molar-refractivity contribution is 5.78. The highest BCUT2D eigenvalue weighted by Crippen LogP contribution is 2.39. The normalized spacial score (nSPS) is 11.8. The number of H-pyrrole nitrogens is 1. The van der Waals surface area contributed by atoms with E-state index in [9.17, 15) is 13.2 Å². The van der Waals surface area contributed by atoms with Crippen molar-refractivity contribution in [1.82, 2.24) is 10.2 Å². The zero-order valence-electron chi connectivity index (χ0n) is 8.97. The summed E-state index contributed by atoms with van der Waals surface area (Å²) in [5.41, 5.74) is 5.73. The van der Waals surface area contributed by atoms with Crippen molar-refractivity contribution in [3.8, 4) is 11.1 Å². The summed E-state index contributed by atoms with van der Waals surface area (Å²) in [6.07, 6.45) is -4.41. The van der Waals surface area contributed by atoms with Crippen LogP contribution >= 0.6 is 0 Å². The van der Waals surface area contributed by atoms with E-state index in [0.717, 1.165) is 6.07 Å². The van der Waals surface area contributed by atoms with Crippen molar-refractivity contribution in [3.63, 3.8) is 0 Å². The van der Waals surface area contributed by atoms with Crippen LogP contribution < -0.4 is 5.73 Å². The van der Waals surface area contributed by atoms with Crippen molar-refractivity contribution in [3.05, 3.63) is 35.5 Å². The molecule has 0 amide bonds. The van der Waals surface area contributed by atoms with Gasteiger partial charge in [-0.1, -0.05) is 18.2 Å². The van der Waals surface area contributed by atoms with E-state index in [0.29, 0.717) is 11.3 Å². The Morgan fingerprint density at radius 3 is 2.41 bits per heavy atom. The van der Waals surface area contributed by atoms with E-state index < -0.39 is 11.7 Å². The first-order chi connectivity index (χ1) is 7.91. The van der Waals surface area contributed by atoms with Gasteiger partial charge in [-0.15, -0.1) is 0 Å². The number of nitrogen functional groups attached to an aromatic ring is 1. The number of rotatable bonds is 1. The van der Waals surface area contributed by atoms with Crippen LogP contribution in [0.2, 0.25) is 0 Å². The van der Waals surface area contributed by atoms with Crippen molar-refractivity contribution in [2.75, 3.05) is 5.73 Å². The Morgan fingerprint density at radius 2 is 1.88 bits per heavy atom. The lowest BCUT2D eigenvalue weighted by Crippen LogP contribution is -2.07. The minimum atomic E-state index is -4.41. The molecule has 1 heterocycles. The minimum absolute atomic E-state index is 0.0451. The molecule has 0 aliphatic heterocycles. The fraction of sp³-hybridized carbons (Fsp3) is 0.182. The first kappa shape index (κ1) is 11.5. The van der Waals surface area contributed by atoms with E-state index in [1.54, 1.807) is 6.92 Å². The first-order valence-corrected chi connectivity index (χ1v) is 4.88. The Kier molecular flexibility index (Phi) is 2.57. The number of aromatic amines is 1. The number of aryl methyl sites for hydroxylation is 1. The first-order valence-electron chi connectivity index (χ1n) is 4.88. The van der Waals surface area contributed by atoms with E-state index in [1.807, 2.05) is 0 Å². The van der Waals surface area contributed by atoms with Gasteiger partial charge in [-0.25, -0.2) is 0 Å². The van der Waals surface area contributed by atoms with Crippen molar-refractivity contribution in [2.45, 2.75) is 13.1 Å². The summed E-state index contributed by atoms with van der Waals surface area (Å²) in [7, 11) is 0. The van der Waals surface area contributed by atoms with Gasteiger partial charge in [0.15, 0.2) is 5.82 Å². The van der Waals surface area contributed by atoms with Gasteiger partial charge in [0.05, 0.1) is 5.56 Å². The third-order valence-corrected chi connectivity index (χ3v) is 2.48. The number of alkyl halides is 3. The molecule has 6 heteroatoms. The van der Waals surface area contributed by atoms with E-state index in [1.165, 1.54) is 18.2 Å². The van der Waals surface area contributed by atoms with Crippen LogP contribution in [0, 0.1) is 6.92 Å². The van der Waals surface area contributed by atoms with Gasteiger partial charge < -0.3 is 5.73 Å². The number of nitrogens with one attached hydrogen (secondary N) is 1. The molecule has 3 N–H and O–H groups in total. The molecule has 0 radical (unpaired) electrons. The van der Waals surface area contributed by atoms with Gasteiger partial charge in [0, 0.05) is 11.3 Å². The Labute approximate surface area is 95.5 Å². The van der Waals surface area contributed by atoms with Gasteiger partial charge >= 0.3 is 6.18 Å². The van der Waals surface area contributed by atoms with Gasteiger partial charge in [0.25, 0.3) is 0 Å². The van der Waals surface area contributed by atoms with Crippen molar-refractivity contribution in [1.29, 1.82) is 0 Å². The number of hydrogen-bond donors (Lipinski definition) is 2. The number of benzene rings is 1. The fourth-order valence-corrected chi connectivity index (χ4v) is 1.74. The minimum Gasteiger partial charge on any atom is -0.382 e. The molecule has 0 spiro atoms. The topological polar surface area (TPSA) is 54.7 Å². The van der Waals surface area contributed by atoms with E-state index >= 15 is 0 Å². The second-order valence-corrected chi connectivity index (χ2v) is 3.65. The molecule has 0 fully saturated rings. The molecule has 0 atom stereocenters. The lowest BCUT2D eigenvalue weighted by atomic mass is 9.99. The Balaban J connectivity index is 2.69. The molecule has 2 aromatic rings. The van der Waals surface area contributed by atoms with Crippen LogP contribution in [0.3, 0.4) is 0 Å². The van der Waals surface area contributed by atoms with Crippen LogP contribution in [0.25, 0.3) is 11.1 Å². The third-order valence-electron chi connectivity index (χ3n) is 2.48. The molecule has 3 nitrogen and oxygen atoms in total. The summed E-state index contributed by atoms with van der Waals surface area (Å²) in [5, 5.41) is 6.27. The molecule has 0 saturated heterocycles. The van der Waals surface area contributed by atoms with Crippen LogP contribution in [-0.4, -0.2) is 10.2 Å². The maximum Gasteiger partial charge on any atom is 0.417 e. The Hall–Kier alpha value is -1.98. The molecule has 2 rings (SSSR count). The summed E-state index contributed by atoms with van der Waals surface area (Å²) in [6.45, 7) is 1.63. The van der Waals surface area contributed by atoms with Crippen LogP contribution in [0.4, 0.5) is 19.0 Å². The molecular weight excluding hydrogens is 231 g/mol. The maximum atomic E-state index is 12.8. The monoisotopic (exact) mass is 241 g/mol. The van der Waals surface area contributed by atoms with Gasteiger partial charge in [-0.3, -0.25) is 5.10 Å². The highest BCUT2D eigenvalue weighted by atomic mass is 19.4. The third kappa shape index (κ3) is 1.98. The number of nitrogens with two attached hydrogens (primary N) is 1. The summed E-state index contributed by atoms with van der Waals surface area (Å²) in [6, 6.07) is 5.30. The number of nitrogens with zero attached hydrogens (tertiary/aromatic N) is 1. The lowest BCUT2D eigenvalue weighted by Gasteiger charge is -2.12. The van der Waals surface area contributed by atoms with Crippen molar-refractivity contribution in [2.24, 2.45) is 0 Å². The smallest absolute Gasteiger partial charge is 0.382 e. The Morgan fingerprint density at radius 1 is 1.24 bits per heavy atom. The van der Waals surface area contributed by atoms with E-state index in [2.05, 4.69) is 10.2 Å². The predicted molar refractivity (Wildman–Crippen MR) is 58.2 cm³/mol. The fourth-order valence-electron chi connectivity index (χ4n) is 1.74. The SMILES string of the molecule is Cc1[nH]nc(N)c1-c1ccccc1C(F)(F)F. The van der Waals surface area contributed by atoms with Gasteiger partial charge in [-0.05, 0) is 18.6 Å². The average molecular weight is 241 g/mol. The van der Waals surface area contributed by atoms with Gasteiger partial charge in [-0.2, -0.15) is 18.3 Å². The average Bonchev–Trinajstić information content (AvgIpc) is 2.57. The second-order valence-electron chi connectivity index (χ2n) is 3.65. The lowest BCUT2D eigenvalue weighted by molar-refractivity contribution is -0.137. The summed E-state index contributed by atoms with van der Waals surface area (Å²) >= 11 is 0. The zero-order chi connectivity index (χ0) is 12.6. The second kappa shape index (κ2) is 3.80. The molecule has 1 aromatic heterocycles. The standard InChI is InChI=1S/C11H10F3N3/c1-6-9(10(15)17-16-6)7-4-2-3-5-8(7)11(12,13)14/h2-5H,1H3,(H3,15,16,17). The number of halogens is 3. The van der Waals surface area contributed by atoms with Crippen LogP contribution in [0.5, 0.6) is 0 Å². The van der Waals surface area contributed by atoms with Crippen molar-refractivity contribution >= 4 is 5.82 Å². The number of anilines is 1. The molecular formula is C11H10F3N3. The molecule has 0 bridgehead atoms. The van der Waals surface area contributed by atoms with Crippen molar-refractivity contribution < 1.29 is 13.2 Å². The zero-order valence-corrected chi connectivity index (χ0v) is 8.97. The van der Waals surface area contributed by atoms with E-state index in [4.69, 9.17) is 5.73 Å². The highest BCUT2D eigenvalue weighted by Gasteiger charge is 2.34. The van der Waals surface area contributed by atoms with E-state index in [-0.39, 0.29) is 11.4 Å². The molecule has 0 saturated carbocycles. The molecule has 90 valence electrons. The summed E-state index contributed by atoms with van der Waals surface area (Å²) in [4.78, 5) is 0. The largest absolute Gasteiger partial charge is 0.417 e. The van der Waals surface area contributed by atoms with Gasteiger partial charge in [0.1, 0.15) is 0 Å². The summed E-state index contributed by atoms with van der Waals surface area (Å²) in [5.74, 6) is 0.0687. The molecule has 0 aliphatic carbocycles. The number of hydrogen-bond acceptors (Lipinski definition) is 2. The van der Waals surface area contributed by atoms with Crippen LogP contribution in [-0.2, 0) is 6.18 Å². The molecule has 17 heavy (non-hydrogen) atoms. The maximum absolute atomic E-state index is 12.8. The van der Waals surface area contributed by atoms with Crippen LogP contribution in [0.1, 0.15) is 11.3 Å². The molecule has 1 aromatic carbocycles. The molecule has 0 unspecified atom stereocenters. The Bertz CT molecular complexity index is 524. The van der Waals surface area contributed by atoms with Gasteiger partial charge in [0.2, 0.25) is 0 Å². The summed E-state index contributed by atoms with van der Waals surface area (Å²) < 4.78 is 38.5. The molecule has 0 aliphatic rings. The van der Waals surface area contributed by atoms with Crippen LogP contribution in [0.15, 0.2) is 24.3 Å².